The molecule has 0 radical (unpaired) electrons. The lowest BCUT2D eigenvalue weighted by Gasteiger charge is -2.15. The molecule has 0 bridgehead atoms. The fourth-order valence-electron chi connectivity index (χ4n) is 1.34. The molecule has 0 aliphatic heterocycles. The Hall–Kier alpha value is -1.85. The van der Waals surface area contributed by atoms with Crippen LogP contribution in [-0.4, -0.2) is 29.1 Å². The molecule has 1 aromatic rings. The maximum Gasteiger partial charge on any atom is 0.328 e. The molecule has 16 heavy (non-hydrogen) atoms. The molecule has 1 aromatic heterocycles. The van der Waals surface area contributed by atoms with Gasteiger partial charge in [-0.2, -0.15) is 0 Å². The number of hydrogen-bond donors (Lipinski definition) is 2. The number of nitrogens with zero attached hydrogens (tertiary/aromatic N) is 2. The van der Waals surface area contributed by atoms with Gasteiger partial charge < -0.3 is 15.8 Å². The summed E-state index contributed by atoms with van der Waals surface area (Å²) in [6, 6.07) is -0.468. The average molecular weight is 224 g/mol. The quantitative estimate of drug-likeness (QED) is 0.728. The minimum atomic E-state index is -0.468. The van der Waals surface area contributed by atoms with Crippen LogP contribution in [0.5, 0.6) is 0 Å². The number of esters is 1. The van der Waals surface area contributed by atoms with E-state index in [-0.39, 0.29) is 5.97 Å². The van der Waals surface area contributed by atoms with Crippen LogP contribution in [0.25, 0.3) is 0 Å². The van der Waals surface area contributed by atoms with E-state index in [1.807, 2.05) is 6.92 Å². The van der Waals surface area contributed by atoms with Crippen molar-refractivity contribution in [3.63, 3.8) is 0 Å². The third-order valence-electron chi connectivity index (χ3n) is 2.24. The van der Waals surface area contributed by atoms with Gasteiger partial charge >= 0.3 is 5.97 Å². The molecular weight excluding hydrogens is 208 g/mol. The van der Waals surface area contributed by atoms with Crippen LogP contribution in [0.15, 0.2) is 6.33 Å². The molecule has 3 N–H and O–H groups in total. The highest BCUT2D eigenvalue weighted by Gasteiger charge is 2.15. The number of nitrogens with one attached hydrogen (secondary N) is 1. The largest absolute Gasteiger partial charge is 0.467 e. The van der Waals surface area contributed by atoms with Crippen LogP contribution >= 0.6 is 0 Å². The highest BCUT2D eigenvalue weighted by Crippen LogP contribution is 2.18. The minimum Gasteiger partial charge on any atom is -0.467 e. The van der Waals surface area contributed by atoms with Crippen molar-refractivity contribution in [2.75, 3.05) is 18.2 Å². The van der Waals surface area contributed by atoms with Crippen LogP contribution in [0.4, 0.5) is 11.6 Å². The number of aromatic nitrogens is 2. The van der Waals surface area contributed by atoms with Crippen molar-refractivity contribution < 1.29 is 9.53 Å². The third-order valence-corrected chi connectivity index (χ3v) is 2.24. The molecule has 0 saturated carbocycles. The fraction of sp³-hybridized carbons (Fsp3) is 0.500. The smallest absolute Gasteiger partial charge is 0.328 e. The number of ether oxygens (including phenoxy) is 1. The van der Waals surface area contributed by atoms with Gasteiger partial charge in [0.15, 0.2) is 0 Å². The Morgan fingerprint density at radius 3 is 2.88 bits per heavy atom. The lowest BCUT2D eigenvalue weighted by atomic mass is 10.2. The van der Waals surface area contributed by atoms with Gasteiger partial charge in [-0.05, 0) is 13.3 Å². The number of rotatable bonds is 4. The van der Waals surface area contributed by atoms with Crippen molar-refractivity contribution in [1.29, 1.82) is 0 Å². The average Bonchev–Trinajstić information content (AvgIpc) is 2.28. The topological polar surface area (TPSA) is 90.1 Å². The predicted octanol–water partition coefficient (Wildman–Crippen LogP) is 0.595. The summed E-state index contributed by atoms with van der Waals surface area (Å²) in [7, 11) is 1.34. The first kappa shape index (κ1) is 12.2. The van der Waals surface area contributed by atoms with Gasteiger partial charge in [0.05, 0.1) is 7.11 Å². The highest BCUT2D eigenvalue weighted by atomic mass is 16.5. The number of carbonyl (C=O) groups excluding carboxylic acids is 1. The van der Waals surface area contributed by atoms with Gasteiger partial charge in [0.2, 0.25) is 0 Å². The van der Waals surface area contributed by atoms with E-state index < -0.39 is 6.04 Å². The Morgan fingerprint density at radius 1 is 1.62 bits per heavy atom. The Kier molecular flexibility index (Phi) is 4.04. The van der Waals surface area contributed by atoms with Crippen LogP contribution in [0, 0.1) is 0 Å². The molecule has 1 atom stereocenters. The number of nitrogens with two attached hydrogens (primary N) is 1. The van der Waals surface area contributed by atoms with Gasteiger partial charge in [-0.1, -0.05) is 6.92 Å². The molecule has 0 aliphatic rings. The first-order chi connectivity index (χ1) is 7.60. The van der Waals surface area contributed by atoms with Gasteiger partial charge in [0.1, 0.15) is 24.0 Å². The normalized spacial score (nSPS) is 11.9. The number of nitrogen functional groups attached to an aromatic ring is 1. The Bertz CT molecular complexity index is 381. The van der Waals surface area contributed by atoms with Gasteiger partial charge in [-0.25, -0.2) is 14.8 Å². The van der Waals surface area contributed by atoms with E-state index in [2.05, 4.69) is 20.0 Å². The van der Waals surface area contributed by atoms with Crippen LogP contribution in [0.3, 0.4) is 0 Å². The molecule has 0 aliphatic carbocycles. The molecule has 1 unspecified atom stereocenters. The number of hydrogen-bond acceptors (Lipinski definition) is 6. The number of anilines is 2. The summed E-state index contributed by atoms with van der Waals surface area (Å²) >= 11 is 0. The van der Waals surface area contributed by atoms with Crippen molar-refractivity contribution >= 4 is 17.6 Å². The summed E-state index contributed by atoms with van der Waals surface area (Å²) in [5.74, 6) is 0.657. The second-order valence-corrected chi connectivity index (χ2v) is 3.33. The molecular formula is C10H16N4O2. The van der Waals surface area contributed by atoms with Crippen molar-refractivity contribution in [1.82, 2.24) is 9.97 Å². The van der Waals surface area contributed by atoms with Crippen LogP contribution in [0.2, 0.25) is 0 Å². The zero-order chi connectivity index (χ0) is 12.1. The van der Waals surface area contributed by atoms with Gasteiger partial charge in [-0.3, -0.25) is 0 Å². The van der Waals surface area contributed by atoms with E-state index in [0.29, 0.717) is 18.1 Å². The Labute approximate surface area is 94.2 Å². The lowest BCUT2D eigenvalue weighted by Crippen LogP contribution is -2.28. The van der Waals surface area contributed by atoms with Crippen LogP contribution in [-0.2, 0) is 16.0 Å². The Balaban J connectivity index is 2.88. The van der Waals surface area contributed by atoms with E-state index in [1.165, 1.54) is 13.4 Å². The van der Waals surface area contributed by atoms with E-state index in [0.717, 1.165) is 5.56 Å². The molecule has 1 heterocycles. The molecule has 88 valence electrons. The van der Waals surface area contributed by atoms with Crippen molar-refractivity contribution in [3.05, 3.63) is 11.9 Å². The van der Waals surface area contributed by atoms with E-state index in [9.17, 15) is 4.79 Å². The standard InChI is InChI=1S/C10H16N4O2/c1-4-7-8(11)12-5-13-9(7)14-6(2)10(15)16-3/h5-6H,4H2,1-3H3,(H3,11,12,13,14). The lowest BCUT2D eigenvalue weighted by molar-refractivity contribution is -0.141. The molecule has 0 aromatic carbocycles. The second kappa shape index (κ2) is 5.29. The second-order valence-electron chi connectivity index (χ2n) is 3.33. The van der Waals surface area contributed by atoms with Gasteiger partial charge in [0, 0.05) is 5.56 Å². The zero-order valence-corrected chi connectivity index (χ0v) is 9.65. The van der Waals surface area contributed by atoms with Crippen molar-refractivity contribution in [3.8, 4) is 0 Å². The van der Waals surface area contributed by atoms with E-state index >= 15 is 0 Å². The molecule has 0 amide bonds. The zero-order valence-electron chi connectivity index (χ0n) is 9.65. The SMILES string of the molecule is CCc1c(N)ncnc1NC(C)C(=O)OC. The number of methoxy groups -OCH3 is 1. The molecule has 6 nitrogen and oxygen atoms in total. The summed E-state index contributed by atoms with van der Waals surface area (Å²) in [6.07, 6.45) is 2.06. The molecule has 6 heteroatoms. The fourth-order valence-corrected chi connectivity index (χ4v) is 1.34. The van der Waals surface area contributed by atoms with E-state index in [4.69, 9.17) is 5.73 Å². The maximum atomic E-state index is 11.2. The van der Waals surface area contributed by atoms with E-state index in [1.54, 1.807) is 6.92 Å². The first-order valence-corrected chi connectivity index (χ1v) is 5.03. The highest BCUT2D eigenvalue weighted by molar-refractivity contribution is 5.78. The van der Waals surface area contributed by atoms with Crippen molar-refractivity contribution in [2.24, 2.45) is 0 Å². The molecule has 1 rings (SSSR count). The summed E-state index contributed by atoms with van der Waals surface area (Å²) in [6.45, 7) is 3.65. The predicted molar refractivity (Wildman–Crippen MR) is 60.9 cm³/mol. The summed E-state index contributed by atoms with van der Waals surface area (Å²) in [5, 5.41) is 2.95. The van der Waals surface area contributed by atoms with Gasteiger partial charge in [-0.15, -0.1) is 0 Å². The first-order valence-electron chi connectivity index (χ1n) is 5.03. The van der Waals surface area contributed by atoms with Crippen molar-refractivity contribution in [2.45, 2.75) is 26.3 Å². The monoisotopic (exact) mass is 224 g/mol. The third kappa shape index (κ3) is 2.59. The molecule has 0 spiro atoms. The number of carbonyl (C=O) groups is 1. The van der Waals surface area contributed by atoms with Gasteiger partial charge in [0.25, 0.3) is 0 Å². The molecule has 0 fully saturated rings. The summed E-state index contributed by atoms with van der Waals surface area (Å²) in [5.41, 5.74) is 6.51. The van der Waals surface area contributed by atoms with Crippen LogP contribution in [0.1, 0.15) is 19.4 Å². The minimum absolute atomic E-state index is 0.348. The Morgan fingerprint density at radius 2 is 2.31 bits per heavy atom. The maximum absolute atomic E-state index is 11.2. The molecule has 0 saturated heterocycles. The van der Waals surface area contributed by atoms with Crippen LogP contribution < -0.4 is 11.1 Å². The summed E-state index contributed by atoms with van der Waals surface area (Å²) in [4.78, 5) is 19.2. The summed E-state index contributed by atoms with van der Waals surface area (Å²) < 4.78 is 4.61.